The summed E-state index contributed by atoms with van der Waals surface area (Å²) in [4.78, 5) is 4.59. The van der Waals surface area contributed by atoms with E-state index >= 15 is 0 Å². The van der Waals surface area contributed by atoms with Crippen LogP contribution in [0, 0.1) is 0 Å². The van der Waals surface area contributed by atoms with Crippen molar-refractivity contribution in [3.63, 3.8) is 0 Å². The molecule has 2 heteroatoms. The van der Waals surface area contributed by atoms with Crippen molar-refractivity contribution in [1.29, 1.82) is 0 Å². The van der Waals surface area contributed by atoms with Gasteiger partial charge in [-0.25, -0.2) is 0 Å². The molecule has 0 saturated carbocycles. The lowest BCUT2D eigenvalue weighted by Crippen LogP contribution is -2.02. The Morgan fingerprint density at radius 2 is 2.27 bits per heavy atom. The predicted octanol–water partition coefficient (Wildman–Crippen LogP) is 3.10. The largest absolute Gasteiger partial charge is 0.279 e. The number of hydrogen-bond acceptors (Lipinski definition) is 2. The molecule has 0 bridgehead atoms. The van der Waals surface area contributed by atoms with Gasteiger partial charge in [0, 0.05) is 11.0 Å². The van der Waals surface area contributed by atoms with Crippen molar-refractivity contribution in [3.05, 3.63) is 0 Å². The number of hydrogen-bond donors (Lipinski definition) is 0. The summed E-state index contributed by atoms with van der Waals surface area (Å²) in [6, 6.07) is 0. The Morgan fingerprint density at radius 3 is 2.73 bits per heavy atom. The number of aliphatic imine (C=N–C) groups is 1. The van der Waals surface area contributed by atoms with E-state index in [4.69, 9.17) is 0 Å². The molecule has 0 aromatic carbocycles. The van der Waals surface area contributed by atoms with E-state index in [-0.39, 0.29) is 0 Å². The van der Waals surface area contributed by atoms with E-state index in [0.29, 0.717) is 10.6 Å². The molecule has 1 aliphatic rings. The molecule has 1 nitrogen and oxygen atoms in total. The monoisotopic (exact) mass is 171 g/mol. The third-order valence-corrected chi connectivity index (χ3v) is 3.51. The third-order valence-electron chi connectivity index (χ3n) is 2.10. The molecule has 0 aliphatic carbocycles. The fraction of sp³-hybridized carbons (Fsp3) is 0.889. The maximum absolute atomic E-state index is 4.59. The van der Waals surface area contributed by atoms with Crippen molar-refractivity contribution in [2.24, 2.45) is 4.99 Å². The first-order chi connectivity index (χ1) is 5.24. The van der Waals surface area contributed by atoms with E-state index in [1.165, 1.54) is 25.0 Å². The van der Waals surface area contributed by atoms with Crippen LogP contribution in [0.5, 0.6) is 0 Å². The molecule has 1 rings (SSSR count). The molecule has 64 valence electrons. The molecule has 0 aromatic heterocycles. The minimum absolute atomic E-state index is 0.574. The molecule has 0 fully saturated rings. The summed E-state index contributed by atoms with van der Waals surface area (Å²) in [5, 5.41) is 1.24. The quantitative estimate of drug-likeness (QED) is 0.635. The van der Waals surface area contributed by atoms with Crippen LogP contribution in [-0.4, -0.2) is 16.3 Å². The van der Waals surface area contributed by atoms with Crippen LogP contribution in [0.1, 0.15) is 40.0 Å². The first kappa shape index (κ1) is 9.11. The molecule has 0 amide bonds. The Kier molecular flexibility index (Phi) is 3.44. The molecule has 0 N–H and O–H groups in total. The van der Waals surface area contributed by atoms with Gasteiger partial charge in [-0.05, 0) is 20.3 Å². The Hall–Kier alpha value is 0.0200. The molecule has 11 heavy (non-hydrogen) atoms. The van der Waals surface area contributed by atoms with E-state index in [0.717, 1.165) is 0 Å². The molecule has 0 radical (unpaired) electrons. The highest BCUT2D eigenvalue weighted by Gasteiger charge is 2.21. The lowest BCUT2D eigenvalue weighted by Gasteiger charge is -2.05. The van der Waals surface area contributed by atoms with Crippen molar-refractivity contribution in [2.75, 3.05) is 0 Å². The van der Waals surface area contributed by atoms with Crippen LogP contribution in [0.3, 0.4) is 0 Å². The molecule has 2 unspecified atom stereocenters. The molecule has 0 aromatic rings. The van der Waals surface area contributed by atoms with Crippen LogP contribution < -0.4 is 0 Å². The second kappa shape index (κ2) is 4.15. The van der Waals surface area contributed by atoms with Crippen LogP contribution in [0.4, 0.5) is 0 Å². The summed E-state index contributed by atoms with van der Waals surface area (Å²) < 4.78 is 0. The van der Waals surface area contributed by atoms with Crippen LogP contribution in [0.2, 0.25) is 0 Å². The Morgan fingerprint density at radius 1 is 1.55 bits per heavy atom. The van der Waals surface area contributed by atoms with Gasteiger partial charge >= 0.3 is 0 Å². The molecule has 0 spiro atoms. The zero-order chi connectivity index (χ0) is 8.27. The van der Waals surface area contributed by atoms with Crippen molar-refractivity contribution < 1.29 is 0 Å². The predicted molar refractivity (Wildman–Crippen MR) is 53.5 cm³/mol. The van der Waals surface area contributed by atoms with Crippen molar-refractivity contribution in [1.82, 2.24) is 0 Å². The Bertz CT molecular complexity index is 154. The summed E-state index contributed by atoms with van der Waals surface area (Å²) >= 11 is 2.01. The molecule has 2 atom stereocenters. The first-order valence-corrected chi connectivity index (χ1v) is 5.38. The SMILES string of the molecule is CCCCC1N=C(C)C(C)S1. The van der Waals surface area contributed by atoms with Gasteiger partial charge in [-0.15, -0.1) is 11.8 Å². The third kappa shape index (κ3) is 2.51. The van der Waals surface area contributed by atoms with Gasteiger partial charge in [0.2, 0.25) is 0 Å². The maximum Gasteiger partial charge on any atom is 0.0957 e. The number of unbranched alkanes of at least 4 members (excludes halogenated alkanes) is 1. The zero-order valence-corrected chi connectivity index (χ0v) is 8.45. The minimum Gasteiger partial charge on any atom is -0.279 e. The smallest absolute Gasteiger partial charge is 0.0957 e. The molecule has 1 aliphatic heterocycles. The molecular weight excluding hydrogens is 154 g/mol. The van der Waals surface area contributed by atoms with E-state index in [2.05, 4.69) is 25.8 Å². The van der Waals surface area contributed by atoms with Crippen molar-refractivity contribution in [2.45, 2.75) is 50.7 Å². The molecule has 0 saturated heterocycles. The lowest BCUT2D eigenvalue weighted by molar-refractivity contribution is 0.704. The van der Waals surface area contributed by atoms with Gasteiger partial charge in [0.15, 0.2) is 0 Å². The standard InChI is InChI=1S/C9H17NS/c1-4-5-6-9-10-7(2)8(3)11-9/h8-9H,4-6H2,1-3H3. The first-order valence-electron chi connectivity index (χ1n) is 4.43. The van der Waals surface area contributed by atoms with Crippen LogP contribution in [0.15, 0.2) is 4.99 Å². The topological polar surface area (TPSA) is 12.4 Å². The summed E-state index contributed by atoms with van der Waals surface area (Å²) in [6.07, 6.45) is 3.88. The average Bonchev–Trinajstić information content (AvgIpc) is 2.28. The van der Waals surface area contributed by atoms with E-state index in [9.17, 15) is 0 Å². The Balaban J connectivity index is 2.29. The van der Waals surface area contributed by atoms with Gasteiger partial charge < -0.3 is 0 Å². The Labute approximate surface area is 73.7 Å². The van der Waals surface area contributed by atoms with Crippen LogP contribution >= 0.6 is 11.8 Å². The van der Waals surface area contributed by atoms with Gasteiger partial charge in [0.1, 0.15) is 0 Å². The highest BCUT2D eigenvalue weighted by molar-refractivity contribution is 8.01. The summed E-state index contributed by atoms with van der Waals surface area (Å²) in [6.45, 7) is 6.62. The van der Waals surface area contributed by atoms with E-state index in [1.807, 2.05) is 11.8 Å². The van der Waals surface area contributed by atoms with Crippen LogP contribution in [-0.2, 0) is 0 Å². The fourth-order valence-electron chi connectivity index (χ4n) is 1.21. The second-order valence-electron chi connectivity index (χ2n) is 3.15. The van der Waals surface area contributed by atoms with Crippen molar-refractivity contribution >= 4 is 17.5 Å². The van der Waals surface area contributed by atoms with Gasteiger partial charge in [0.25, 0.3) is 0 Å². The van der Waals surface area contributed by atoms with Crippen LogP contribution in [0.25, 0.3) is 0 Å². The lowest BCUT2D eigenvalue weighted by atomic mass is 10.2. The van der Waals surface area contributed by atoms with Gasteiger partial charge in [-0.3, -0.25) is 4.99 Å². The van der Waals surface area contributed by atoms with Gasteiger partial charge in [-0.2, -0.15) is 0 Å². The second-order valence-corrected chi connectivity index (χ2v) is 4.67. The molecule has 1 heterocycles. The fourth-order valence-corrected chi connectivity index (χ4v) is 2.47. The van der Waals surface area contributed by atoms with E-state index < -0.39 is 0 Å². The van der Waals surface area contributed by atoms with Crippen molar-refractivity contribution in [3.8, 4) is 0 Å². The average molecular weight is 171 g/mol. The summed E-state index contributed by atoms with van der Waals surface area (Å²) in [5.74, 6) is 0. The van der Waals surface area contributed by atoms with Gasteiger partial charge in [-0.1, -0.05) is 19.8 Å². The summed E-state index contributed by atoms with van der Waals surface area (Å²) in [7, 11) is 0. The normalized spacial score (nSPS) is 30.6. The number of thioether (sulfide) groups is 1. The van der Waals surface area contributed by atoms with E-state index in [1.54, 1.807) is 0 Å². The highest BCUT2D eigenvalue weighted by atomic mass is 32.2. The van der Waals surface area contributed by atoms with Gasteiger partial charge in [0.05, 0.1) is 5.37 Å². The number of rotatable bonds is 3. The maximum atomic E-state index is 4.59. The zero-order valence-electron chi connectivity index (χ0n) is 7.63. The summed E-state index contributed by atoms with van der Waals surface area (Å²) in [5.41, 5.74) is 1.33. The highest BCUT2D eigenvalue weighted by Crippen LogP contribution is 2.30. The number of nitrogens with zero attached hydrogens (tertiary/aromatic N) is 1. The minimum atomic E-state index is 0.574. The molecular formula is C9H17NS.